The summed E-state index contributed by atoms with van der Waals surface area (Å²) < 4.78 is 16.9. The van der Waals surface area contributed by atoms with E-state index in [9.17, 15) is 14.4 Å². The van der Waals surface area contributed by atoms with Gasteiger partial charge in [0.25, 0.3) is 0 Å². The number of esters is 3. The minimum atomic E-state index is -0.778. The Kier molecular flexibility index (Phi) is 68.2. The maximum atomic E-state index is 12.9. The second-order valence-corrected chi connectivity index (χ2v) is 24.1. The number of hydrogen-bond acceptors (Lipinski definition) is 6. The fourth-order valence-electron chi connectivity index (χ4n) is 10.5. The molecule has 0 aliphatic heterocycles. The van der Waals surface area contributed by atoms with Crippen LogP contribution in [0.1, 0.15) is 367 Å². The molecule has 0 aromatic carbocycles. The van der Waals surface area contributed by atoms with Gasteiger partial charge in [-0.05, 0) is 77.0 Å². The van der Waals surface area contributed by atoms with Crippen LogP contribution in [0.25, 0.3) is 0 Å². The molecule has 480 valence electrons. The number of unbranched alkanes of at least 4 members (excludes halogenated alkanes) is 41. The summed E-state index contributed by atoms with van der Waals surface area (Å²) in [5.74, 6) is -0.876. The van der Waals surface area contributed by atoms with E-state index in [-0.39, 0.29) is 31.1 Å². The van der Waals surface area contributed by atoms with Crippen molar-refractivity contribution in [1.29, 1.82) is 0 Å². The molecule has 0 aliphatic rings. The highest BCUT2D eigenvalue weighted by Gasteiger charge is 2.19. The lowest BCUT2D eigenvalue weighted by atomic mass is 10.0. The molecule has 0 saturated heterocycles. The number of ether oxygens (including phenoxy) is 3. The van der Waals surface area contributed by atoms with Gasteiger partial charge in [0.05, 0.1) is 0 Å². The quantitative estimate of drug-likeness (QED) is 0.0261. The molecule has 0 aromatic heterocycles. The van der Waals surface area contributed by atoms with Gasteiger partial charge in [0.2, 0.25) is 0 Å². The molecular weight excluding hydrogens is 1020 g/mol. The lowest BCUT2D eigenvalue weighted by molar-refractivity contribution is -0.167. The summed E-state index contributed by atoms with van der Waals surface area (Å²) in [6.07, 6.45) is 95.1. The average molecular weight is 1160 g/mol. The maximum Gasteiger partial charge on any atom is 0.306 e. The Labute approximate surface area is 515 Å². The van der Waals surface area contributed by atoms with Crippen LogP contribution in [-0.4, -0.2) is 37.2 Å². The lowest BCUT2D eigenvalue weighted by Gasteiger charge is -2.18. The van der Waals surface area contributed by atoms with Crippen molar-refractivity contribution in [2.45, 2.75) is 374 Å². The van der Waals surface area contributed by atoms with Crippen molar-refractivity contribution >= 4 is 17.9 Å². The average Bonchev–Trinajstić information content (AvgIpc) is 3.49. The third kappa shape index (κ3) is 69.3. The molecule has 6 heteroatoms. The van der Waals surface area contributed by atoms with Gasteiger partial charge in [-0.2, -0.15) is 0 Å². The van der Waals surface area contributed by atoms with E-state index in [1.165, 1.54) is 218 Å². The van der Waals surface area contributed by atoms with E-state index < -0.39 is 6.10 Å². The number of carbonyl (C=O) groups is 3. The molecule has 1 atom stereocenters. The van der Waals surface area contributed by atoms with Crippen molar-refractivity contribution in [3.8, 4) is 0 Å². The second-order valence-electron chi connectivity index (χ2n) is 24.1. The first-order valence-electron chi connectivity index (χ1n) is 36.1. The monoisotopic (exact) mass is 1160 g/mol. The van der Waals surface area contributed by atoms with Crippen LogP contribution >= 0.6 is 0 Å². The molecule has 0 aromatic rings. The van der Waals surface area contributed by atoms with Crippen molar-refractivity contribution < 1.29 is 28.6 Å². The summed E-state index contributed by atoms with van der Waals surface area (Å²) in [7, 11) is 0. The van der Waals surface area contributed by atoms with E-state index in [1.54, 1.807) is 0 Å². The predicted octanol–water partition coefficient (Wildman–Crippen LogP) is 25.0. The number of allylic oxidation sites excluding steroid dienone is 14. The molecular formula is C77H136O6. The van der Waals surface area contributed by atoms with Crippen LogP contribution in [-0.2, 0) is 28.6 Å². The van der Waals surface area contributed by atoms with Gasteiger partial charge in [-0.15, -0.1) is 0 Å². The highest BCUT2D eigenvalue weighted by atomic mass is 16.6. The third-order valence-electron chi connectivity index (χ3n) is 15.9. The Morgan fingerprint density at radius 2 is 0.470 bits per heavy atom. The molecule has 0 N–H and O–H groups in total. The summed E-state index contributed by atoms with van der Waals surface area (Å²) in [5, 5.41) is 0. The SMILES string of the molecule is CC/C=C\C/C=C\C/C=C\C/C=C\C/C=C\C/C=C\C/C=C\CCCCCCCCCC(=O)OCC(COC(=O)CCCCCCCCC)OC(=O)CCCCCCCCCCCCCCCCCCCCCCCCCCCCCCC. The van der Waals surface area contributed by atoms with Crippen LogP contribution < -0.4 is 0 Å². The van der Waals surface area contributed by atoms with E-state index in [4.69, 9.17) is 14.2 Å². The van der Waals surface area contributed by atoms with Crippen LogP contribution in [0, 0.1) is 0 Å². The Hall–Kier alpha value is -3.41. The Bertz CT molecular complexity index is 1570. The molecule has 83 heavy (non-hydrogen) atoms. The Morgan fingerprint density at radius 3 is 0.735 bits per heavy atom. The van der Waals surface area contributed by atoms with Gasteiger partial charge >= 0.3 is 17.9 Å². The third-order valence-corrected chi connectivity index (χ3v) is 15.9. The van der Waals surface area contributed by atoms with Gasteiger partial charge in [0.1, 0.15) is 13.2 Å². The molecule has 0 rings (SSSR count). The molecule has 1 unspecified atom stereocenters. The van der Waals surface area contributed by atoms with Gasteiger partial charge in [0, 0.05) is 19.3 Å². The van der Waals surface area contributed by atoms with E-state index in [1.807, 2.05) is 0 Å². The molecule has 0 aliphatic carbocycles. The van der Waals surface area contributed by atoms with Crippen molar-refractivity contribution in [2.75, 3.05) is 13.2 Å². The van der Waals surface area contributed by atoms with Crippen molar-refractivity contribution in [2.24, 2.45) is 0 Å². The molecule has 0 heterocycles. The van der Waals surface area contributed by atoms with Crippen LogP contribution in [0.3, 0.4) is 0 Å². The molecule has 0 bridgehead atoms. The summed E-state index contributed by atoms with van der Waals surface area (Å²) >= 11 is 0. The fraction of sp³-hybridized carbons (Fsp3) is 0.779. The van der Waals surface area contributed by atoms with Crippen molar-refractivity contribution in [1.82, 2.24) is 0 Å². The van der Waals surface area contributed by atoms with Gasteiger partial charge < -0.3 is 14.2 Å². The molecule has 0 fully saturated rings. The molecule has 6 nitrogen and oxygen atoms in total. The van der Waals surface area contributed by atoms with E-state index in [0.717, 1.165) is 109 Å². The summed E-state index contributed by atoms with van der Waals surface area (Å²) in [6.45, 7) is 6.52. The minimum absolute atomic E-state index is 0.0762. The Balaban J connectivity index is 4.08. The predicted molar refractivity (Wildman–Crippen MR) is 362 cm³/mol. The van der Waals surface area contributed by atoms with Gasteiger partial charge in [-0.1, -0.05) is 356 Å². The number of rotatable bonds is 66. The second kappa shape index (κ2) is 71.1. The van der Waals surface area contributed by atoms with E-state index >= 15 is 0 Å². The topological polar surface area (TPSA) is 78.9 Å². The molecule has 0 saturated carbocycles. The van der Waals surface area contributed by atoms with E-state index in [0.29, 0.717) is 19.3 Å². The van der Waals surface area contributed by atoms with Crippen LogP contribution in [0.15, 0.2) is 85.1 Å². The first-order chi connectivity index (χ1) is 41.0. The maximum absolute atomic E-state index is 12.9. The summed E-state index contributed by atoms with van der Waals surface area (Å²) in [4.78, 5) is 38.2. The van der Waals surface area contributed by atoms with Crippen molar-refractivity contribution in [3.63, 3.8) is 0 Å². The van der Waals surface area contributed by atoms with Crippen LogP contribution in [0.2, 0.25) is 0 Å². The van der Waals surface area contributed by atoms with E-state index in [2.05, 4.69) is 106 Å². The minimum Gasteiger partial charge on any atom is -0.462 e. The molecule has 0 spiro atoms. The molecule has 0 amide bonds. The van der Waals surface area contributed by atoms with Crippen LogP contribution in [0.4, 0.5) is 0 Å². The zero-order chi connectivity index (χ0) is 59.9. The Morgan fingerprint density at radius 1 is 0.253 bits per heavy atom. The standard InChI is InChI=1S/C77H136O6/c1-4-7-10-13-16-18-20-22-24-26-28-30-32-34-36-38-40-42-44-46-48-50-52-54-56-58-61-64-67-70-76(79)82-73-74(72-81-75(78)69-66-63-60-15-12-9-6-3)83-77(80)71-68-65-62-59-57-55-53-51-49-47-45-43-41-39-37-35-33-31-29-27-25-23-21-19-17-14-11-8-5-2/h7,10,16,18,22,24,28,30,34,36,40,42,46,48,74H,4-6,8-9,11-15,17,19-21,23,25-27,29,31-33,35,37-39,41,43-45,47,49-73H2,1-3H3/b10-7-,18-16-,24-22-,30-28-,36-34-,42-40-,48-46-. The lowest BCUT2D eigenvalue weighted by Crippen LogP contribution is -2.30. The number of hydrogen-bond donors (Lipinski definition) is 0. The van der Waals surface area contributed by atoms with Gasteiger partial charge in [-0.3, -0.25) is 14.4 Å². The number of carbonyl (C=O) groups excluding carboxylic acids is 3. The highest BCUT2D eigenvalue weighted by Crippen LogP contribution is 2.18. The molecule has 0 radical (unpaired) electrons. The summed E-state index contributed by atoms with van der Waals surface area (Å²) in [6, 6.07) is 0. The first kappa shape index (κ1) is 79.6. The summed E-state index contributed by atoms with van der Waals surface area (Å²) in [5.41, 5.74) is 0. The normalized spacial score (nSPS) is 12.6. The highest BCUT2D eigenvalue weighted by molar-refractivity contribution is 5.71. The van der Waals surface area contributed by atoms with Crippen LogP contribution in [0.5, 0.6) is 0 Å². The zero-order valence-electron chi connectivity index (χ0n) is 55.2. The van der Waals surface area contributed by atoms with Gasteiger partial charge in [0.15, 0.2) is 6.10 Å². The first-order valence-corrected chi connectivity index (χ1v) is 36.1. The van der Waals surface area contributed by atoms with Gasteiger partial charge in [-0.25, -0.2) is 0 Å². The smallest absolute Gasteiger partial charge is 0.306 e. The zero-order valence-corrected chi connectivity index (χ0v) is 55.2. The fourth-order valence-corrected chi connectivity index (χ4v) is 10.5. The largest absolute Gasteiger partial charge is 0.462 e. The van der Waals surface area contributed by atoms with Crippen molar-refractivity contribution in [3.05, 3.63) is 85.1 Å².